The van der Waals surface area contributed by atoms with Crippen molar-refractivity contribution < 1.29 is 9.53 Å². The van der Waals surface area contributed by atoms with Gasteiger partial charge in [-0.3, -0.25) is 4.79 Å². The first-order valence-electron chi connectivity index (χ1n) is 8.67. The molecule has 1 amide bonds. The molecule has 7 nitrogen and oxygen atoms in total. The van der Waals surface area contributed by atoms with E-state index in [0.29, 0.717) is 29.1 Å². The molecule has 0 aliphatic carbocycles. The van der Waals surface area contributed by atoms with E-state index in [1.807, 2.05) is 26.0 Å². The number of halogens is 1. The number of thioether (sulfide) groups is 1. The molecule has 0 aliphatic rings. The van der Waals surface area contributed by atoms with Crippen LogP contribution in [-0.4, -0.2) is 45.0 Å². The molecule has 0 aliphatic heterocycles. The molecule has 0 spiro atoms. The summed E-state index contributed by atoms with van der Waals surface area (Å²) in [5.74, 6) is 0.812. The zero-order valence-corrected chi connectivity index (χ0v) is 17.1. The van der Waals surface area contributed by atoms with Crippen molar-refractivity contribution in [2.75, 3.05) is 18.9 Å². The minimum Gasteiger partial charge on any atom is -0.492 e. The van der Waals surface area contributed by atoms with E-state index in [9.17, 15) is 4.79 Å². The van der Waals surface area contributed by atoms with E-state index in [-0.39, 0.29) is 11.7 Å². The lowest BCUT2D eigenvalue weighted by Crippen LogP contribution is -2.29. The maximum Gasteiger partial charge on any atom is 0.230 e. The van der Waals surface area contributed by atoms with Gasteiger partial charge in [-0.25, -0.2) is 0 Å². The molecule has 0 saturated carbocycles. The first-order valence-corrected chi connectivity index (χ1v) is 10.0. The molecular weight excluding hydrogens is 398 g/mol. The number of nitrogens with one attached hydrogen (secondary N) is 1. The molecule has 28 heavy (non-hydrogen) atoms. The van der Waals surface area contributed by atoms with Crippen molar-refractivity contribution in [2.24, 2.45) is 0 Å². The molecule has 0 unspecified atom stereocenters. The van der Waals surface area contributed by atoms with Gasteiger partial charge >= 0.3 is 0 Å². The van der Waals surface area contributed by atoms with Gasteiger partial charge in [-0.1, -0.05) is 41.1 Å². The fourth-order valence-corrected chi connectivity index (χ4v) is 3.37. The number of carbonyl (C=O) groups excluding carboxylic acids is 1. The number of benzene rings is 2. The van der Waals surface area contributed by atoms with E-state index in [4.69, 9.17) is 16.3 Å². The molecule has 2 aromatic carbocycles. The number of nitrogens with zero attached hydrogens (tertiary/aromatic N) is 4. The van der Waals surface area contributed by atoms with Crippen LogP contribution >= 0.6 is 23.4 Å². The summed E-state index contributed by atoms with van der Waals surface area (Å²) in [6, 6.07) is 13.1. The minimum atomic E-state index is -0.111. The Balaban J connectivity index is 1.46. The quantitative estimate of drug-likeness (QED) is 0.447. The molecule has 0 bridgehead atoms. The van der Waals surface area contributed by atoms with Crippen molar-refractivity contribution in [3.63, 3.8) is 0 Å². The van der Waals surface area contributed by atoms with Crippen LogP contribution < -0.4 is 10.1 Å². The van der Waals surface area contributed by atoms with E-state index in [2.05, 4.69) is 26.9 Å². The fraction of sp³-hybridized carbons (Fsp3) is 0.263. The average Bonchev–Trinajstić information content (AvgIpc) is 3.13. The molecule has 146 valence electrons. The summed E-state index contributed by atoms with van der Waals surface area (Å²) < 4.78 is 7.19. The van der Waals surface area contributed by atoms with E-state index >= 15 is 0 Å². The first-order chi connectivity index (χ1) is 13.5. The third-order valence-corrected chi connectivity index (χ3v) is 5.03. The number of tetrazole rings is 1. The van der Waals surface area contributed by atoms with Gasteiger partial charge in [0, 0.05) is 5.02 Å². The van der Waals surface area contributed by atoms with E-state index in [1.54, 1.807) is 28.9 Å². The van der Waals surface area contributed by atoms with Crippen LogP contribution in [0.25, 0.3) is 5.69 Å². The summed E-state index contributed by atoms with van der Waals surface area (Å²) in [6.07, 6.45) is 0. The van der Waals surface area contributed by atoms with Crippen LogP contribution in [0.4, 0.5) is 0 Å². The van der Waals surface area contributed by atoms with E-state index in [0.717, 1.165) is 11.3 Å². The van der Waals surface area contributed by atoms with Gasteiger partial charge in [-0.2, -0.15) is 4.68 Å². The molecule has 0 atom stereocenters. The standard InChI is InChI=1S/C19H20ClN5O2S/c1-13-3-8-17(14(2)11-13)25-19(22-23-24-25)28-12-18(26)21-9-10-27-16-6-4-15(20)5-7-16/h3-8,11H,9-10,12H2,1-2H3,(H,21,26). The summed E-state index contributed by atoms with van der Waals surface area (Å²) in [4.78, 5) is 12.1. The number of hydrogen-bond donors (Lipinski definition) is 1. The second-order valence-corrected chi connectivity index (χ2v) is 7.48. The van der Waals surface area contributed by atoms with Crippen LogP contribution in [0, 0.1) is 13.8 Å². The Morgan fingerprint density at radius 1 is 1.21 bits per heavy atom. The summed E-state index contributed by atoms with van der Waals surface area (Å²) >= 11 is 7.11. The van der Waals surface area contributed by atoms with Crippen molar-refractivity contribution in [3.05, 3.63) is 58.6 Å². The Hall–Kier alpha value is -2.58. The van der Waals surface area contributed by atoms with Gasteiger partial charge in [0.1, 0.15) is 12.4 Å². The van der Waals surface area contributed by atoms with Gasteiger partial charge in [0.25, 0.3) is 0 Å². The molecular formula is C19H20ClN5O2S. The SMILES string of the molecule is Cc1ccc(-n2nnnc2SCC(=O)NCCOc2ccc(Cl)cc2)c(C)c1. The van der Waals surface area contributed by atoms with Crippen LogP contribution in [0.2, 0.25) is 5.02 Å². The predicted molar refractivity (Wildman–Crippen MR) is 109 cm³/mol. The lowest BCUT2D eigenvalue weighted by atomic mass is 10.1. The summed E-state index contributed by atoms with van der Waals surface area (Å²) in [6.45, 7) is 4.82. The van der Waals surface area contributed by atoms with Crippen LogP contribution in [0.15, 0.2) is 47.6 Å². The van der Waals surface area contributed by atoms with Crippen molar-refractivity contribution in [3.8, 4) is 11.4 Å². The van der Waals surface area contributed by atoms with Crippen molar-refractivity contribution in [1.29, 1.82) is 0 Å². The lowest BCUT2D eigenvalue weighted by Gasteiger charge is -2.09. The Morgan fingerprint density at radius 3 is 2.75 bits per heavy atom. The zero-order chi connectivity index (χ0) is 19.9. The fourth-order valence-electron chi connectivity index (χ4n) is 2.53. The normalized spacial score (nSPS) is 10.7. The van der Waals surface area contributed by atoms with Gasteiger partial charge in [0.2, 0.25) is 11.1 Å². The average molecular weight is 418 g/mol. The summed E-state index contributed by atoms with van der Waals surface area (Å²) in [5, 5.41) is 15.8. The lowest BCUT2D eigenvalue weighted by molar-refractivity contribution is -0.118. The highest BCUT2D eigenvalue weighted by molar-refractivity contribution is 7.99. The molecule has 0 radical (unpaired) electrons. The van der Waals surface area contributed by atoms with Crippen molar-refractivity contribution >= 4 is 29.3 Å². The van der Waals surface area contributed by atoms with Crippen LogP contribution in [0.5, 0.6) is 5.75 Å². The van der Waals surface area contributed by atoms with Gasteiger partial charge in [0.05, 0.1) is 18.0 Å². The van der Waals surface area contributed by atoms with Crippen molar-refractivity contribution in [2.45, 2.75) is 19.0 Å². The van der Waals surface area contributed by atoms with E-state index < -0.39 is 0 Å². The summed E-state index contributed by atoms with van der Waals surface area (Å²) in [7, 11) is 0. The number of carbonyl (C=O) groups is 1. The molecule has 1 heterocycles. The van der Waals surface area contributed by atoms with Gasteiger partial charge in [0.15, 0.2) is 0 Å². The molecule has 1 N–H and O–H groups in total. The van der Waals surface area contributed by atoms with Gasteiger partial charge < -0.3 is 10.1 Å². The number of rotatable bonds is 8. The topological polar surface area (TPSA) is 81.9 Å². The first kappa shape index (κ1) is 20.2. The number of amides is 1. The molecule has 9 heteroatoms. The molecule has 0 fully saturated rings. The Bertz CT molecular complexity index is 946. The smallest absolute Gasteiger partial charge is 0.230 e. The minimum absolute atomic E-state index is 0.111. The maximum atomic E-state index is 12.1. The highest BCUT2D eigenvalue weighted by Crippen LogP contribution is 2.21. The monoisotopic (exact) mass is 417 g/mol. The largest absolute Gasteiger partial charge is 0.492 e. The predicted octanol–water partition coefficient (Wildman–Crippen LogP) is 3.22. The van der Waals surface area contributed by atoms with Crippen LogP contribution in [-0.2, 0) is 4.79 Å². The third kappa shape index (κ3) is 5.46. The van der Waals surface area contributed by atoms with Crippen molar-refractivity contribution in [1.82, 2.24) is 25.5 Å². The second kappa shape index (κ2) is 9.57. The van der Waals surface area contributed by atoms with Crippen LogP contribution in [0.3, 0.4) is 0 Å². The maximum absolute atomic E-state index is 12.1. The number of ether oxygens (including phenoxy) is 1. The van der Waals surface area contributed by atoms with E-state index in [1.165, 1.54) is 17.3 Å². The van der Waals surface area contributed by atoms with Gasteiger partial charge in [-0.15, -0.1) is 5.10 Å². The molecule has 1 aromatic heterocycles. The second-order valence-electron chi connectivity index (χ2n) is 6.10. The number of aromatic nitrogens is 4. The molecule has 0 saturated heterocycles. The number of aryl methyl sites for hydroxylation is 2. The van der Waals surface area contributed by atoms with Crippen LogP contribution in [0.1, 0.15) is 11.1 Å². The highest BCUT2D eigenvalue weighted by atomic mass is 35.5. The highest BCUT2D eigenvalue weighted by Gasteiger charge is 2.13. The Kier molecular flexibility index (Phi) is 6.89. The number of hydrogen-bond acceptors (Lipinski definition) is 6. The van der Waals surface area contributed by atoms with Gasteiger partial charge in [-0.05, 0) is 60.2 Å². The molecule has 3 rings (SSSR count). The summed E-state index contributed by atoms with van der Waals surface area (Å²) in [5.41, 5.74) is 3.14. The Morgan fingerprint density at radius 2 is 2.00 bits per heavy atom. The Labute approximate surface area is 172 Å². The third-order valence-electron chi connectivity index (χ3n) is 3.86. The molecule has 3 aromatic rings. The zero-order valence-electron chi connectivity index (χ0n) is 15.6.